The molecular weight excluding hydrogens is 372 g/mol. The zero-order chi connectivity index (χ0) is 19.6. The molecule has 142 valence electrons. The molecule has 0 aliphatic heterocycles. The second-order valence-electron chi connectivity index (χ2n) is 6.77. The van der Waals surface area contributed by atoms with Crippen LogP contribution >= 0.6 is 11.3 Å². The lowest BCUT2D eigenvalue weighted by Gasteiger charge is -2.18. The van der Waals surface area contributed by atoms with Crippen molar-refractivity contribution in [1.82, 2.24) is 0 Å². The van der Waals surface area contributed by atoms with Crippen molar-refractivity contribution in [3.63, 3.8) is 0 Å². The number of hydrogen-bond acceptors (Lipinski definition) is 5. The summed E-state index contributed by atoms with van der Waals surface area (Å²) >= 11 is 1.46. The number of esters is 2. The summed E-state index contributed by atoms with van der Waals surface area (Å²) in [7, 11) is 0. The van der Waals surface area contributed by atoms with Crippen LogP contribution in [0.3, 0.4) is 0 Å². The van der Waals surface area contributed by atoms with E-state index in [-0.39, 0.29) is 11.9 Å². The monoisotopic (exact) mass is 392 g/mol. The SMILES string of the molecule is CCOC(=O)C1(c2ccccc2-c2ccc(OC(=O)c3ccsc3)cc2)CC1. The first kappa shape index (κ1) is 18.4. The number of benzene rings is 2. The Morgan fingerprint density at radius 1 is 1.04 bits per heavy atom. The normalized spacial score (nSPS) is 14.3. The van der Waals surface area contributed by atoms with E-state index in [1.54, 1.807) is 23.6 Å². The van der Waals surface area contributed by atoms with Crippen molar-refractivity contribution in [2.45, 2.75) is 25.2 Å². The Hall–Kier alpha value is -2.92. The molecule has 4 rings (SSSR count). The highest BCUT2D eigenvalue weighted by Gasteiger charge is 2.53. The summed E-state index contributed by atoms with van der Waals surface area (Å²) in [6.45, 7) is 2.21. The molecule has 1 aromatic heterocycles. The summed E-state index contributed by atoms with van der Waals surface area (Å²) in [5, 5.41) is 3.60. The van der Waals surface area contributed by atoms with Crippen LogP contribution in [0.4, 0.5) is 0 Å². The Bertz CT molecular complexity index is 986. The van der Waals surface area contributed by atoms with Crippen LogP contribution in [0.5, 0.6) is 5.75 Å². The fraction of sp³-hybridized carbons (Fsp3) is 0.217. The molecule has 0 N–H and O–H groups in total. The third kappa shape index (κ3) is 3.45. The van der Waals surface area contributed by atoms with E-state index < -0.39 is 5.41 Å². The van der Waals surface area contributed by atoms with E-state index in [0.717, 1.165) is 29.5 Å². The molecule has 4 nitrogen and oxygen atoms in total. The minimum absolute atomic E-state index is 0.149. The number of thiophene rings is 1. The molecule has 0 spiro atoms. The lowest BCUT2D eigenvalue weighted by atomic mass is 9.88. The van der Waals surface area contributed by atoms with Gasteiger partial charge in [0.05, 0.1) is 17.6 Å². The van der Waals surface area contributed by atoms with E-state index in [2.05, 4.69) is 0 Å². The first-order chi connectivity index (χ1) is 13.6. The summed E-state index contributed by atoms with van der Waals surface area (Å²) in [5.41, 5.74) is 2.99. The van der Waals surface area contributed by atoms with E-state index in [4.69, 9.17) is 9.47 Å². The van der Waals surface area contributed by atoms with Crippen LogP contribution < -0.4 is 4.74 Å². The van der Waals surface area contributed by atoms with Crippen LogP contribution in [0.25, 0.3) is 11.1 Å². The standard InChI is InChI=1S/C23H20O4S/c1-2-26-22(25)23(12-13-23)20-6-4-3-5-19(20)16-7-9-18(10-8-16)27-21(24)17-11-14-28-15-17/h3-11,14-15H,2,12-13H2,1H3. The molecule has 5 heteroatoms. The first-order valence-electron chi connectivity index (χ1n) is 9.25. The third-order valence-corrected chi connectivity index (χ3v) is 5.67. The predicted octanol–water partition coefficient (Wildman–Crippen LogP) is 5.23. The average molecular weight is 392 g/mol. The largest absolute Gasteiger partial charge is 0.465 e. The second kappa shape index (κ2) is 7.60. The molecule has 1 aliphatic carbocycles. The molecule has 1 fully saturated rings. The van der Waals surface area contributed by atoms with Crippen molar-refractivity contribution < 1.29 is 19.1 Å². The van der Waals surface area contributed by atoms with Gasteiger partial charge in [0.25, 0.3) is 0 Å². The quantitative estimate of drug-likeness (QED) is 0.426. The minimum Gasteiger partial charge on any atom is -0.465 e. The molecule has 3 aromatic rings. The molecular formula is C23H20O4S. The Labute approximate surface area is 167 Å². The van der Waals surface area contributed by atoms with E-state index in [1.807, 2.05) is 48.7 Å². The van der Waals surface area contributed by atoms with Crippen LogP contribution in [-0.4, -0.2) is 18.5 Å². The van der Waals surface area contributed by atoms with E-state index in [0.29, 0.717) is 17.9 Å². The Morgan fingerprint density at radius 3 is 2.43 bits per heavy atom. The van der Waals surface area contributed by atoms with Crippen LogP contribution in [0.1, 0.15) is 35.7 Å². The summed E-state index contributed by atoms with van der Waals surface area (Å²) < 4.78 is 10.7. The number of rotatable bonds is 6. The van der Waals surface area contributed by atoms with E-state index >= 15 is 0 Å². The van der Waals surface area contributed by atoms with Gasteiger partial charge in [0, 0.05) is 5.38 Å². The van der Waals surface area contributed by atoms with Gasteiger partial charge in [0.1, 0.15) is 5.75 Å². The highest BCUT2D eigenvalue weighted by Crippen LogP contribution is 2.52. The number of carbonyl (C=O) groups is 2. The maximum Gasteiger partial charge on any atom is 0.344 e. The van der Waals surface area contributed by atoms with Gasteiger partial charge in [-0.05, 0) is 60.0 Å². The highest BCUT2D eigenvalue weighted by molar-refractivity contribution is 7.08. The molecule has 0 unspecified atom stereocenters. The topological polar surface area (TPSA) is 52.6 Å². The maximum absolute atomic E-state index is 12.5. The zero-order valence-electron chi connectivity index (χ0n) is 15.5. The molecule has 1 saturated carbocycles. The van der Waals surface area contributed by atoms with Crippen LogP contribution in [0.15, 0.2) is 65.4 Å². The van der Waals surface area contributed by atoms with Crippen LogP contribution in [0, 0.1) is 0 Å². The smallest absolute Gasteiger partial charge is 0.344 e. The van der Waals surface area contributed by atoms with Gasteiger partial charge in [-0.3, -0.25) is 4.79 Å². The summed E-state index contributed by atoms with van der Waals surface area (Å²) in [6, 6.07) is 17.1. The summed E-state index contributed by atoms with van der Waals surface area (Å²) in [6.07, 6.45) is 1.61. The third-order valence-electron chi connectivity index (χ3n) is 4.99. The fourth-order valence-corrected chi connectivity index (χ4v) is 4.00. The average Bonchev–Trinajstić information content (AvgIpc) is 3.34. The van der Waals surface area contributed by atoms with E-state index in [9.17, 15) is 9.59 Å². The van der Waals surface area contributed by atoms with Crippen molar-refractivity contribution in [1.29, 1.82) is 0 Å². The summed E-state index contributed by atoms with van der Waals surface area (Å²) in [5.74, 6) is -0.0265. The van der Waals surface area contributed by atoms with Crippen LogP contribution in [-0.2, 0) is 14.9 Å². The molecule has 0 radical (unpaired) electrons. The highest BCUT2D eigenvalue weighted by atomic mass is 32.1. The maximum atomic E-state index is 12.5. The summed E-state index contributed by atoms with van der Waals surface area (Å²) in [4.78, 5) is 24.6. The van der Waals surface area contributed by atoms with Crippen molar-refractivity contribution in [2.24, 2.45) is 0 Å². The van der Waals surface area contributed by atoms with Crippen molar-refractivity contribution in [3.8, 4) is 16.9 Å². The number of ether oxygens (including phenoxy) is 2. The predicted molar refractivity (Wildman–Crippen MR) is 109 cm³/mol. The molecule has 0 amide bonds. The van der Waals surface area contributed by atoms with Gasteiger partial charge in [-0.2, -0.15) is 11.3 Å². The van der Waals surface area contributed by atoms with Crippen molar-refractivity contribution >= 4 is 23.3 Å². The zero-order valence-corrected chi connectivity index (χ0v) is 16.3. The molecule has 1 heterocycles. The minimum atomic E-state index is -0.531. The molecule has 0 bridgehead atoms. The first-order valence-corrected chi connectivity index (χ1v) is 10.2. The van der Waals surface area contributed by atoms with Gasteiger partial charge in [0.2, 0.25) is 0 Å². The number of hydrogen-bond donors (Lipinski definition) is 0. The van der Waals surface area contributed by atoms with Gasteiger partial charge in [-0.25, -0.2) is 4.79 Å². The number of carbonyl (C=O) groups excluding carboxylic acids is 2. The lowest BCUT2D eigenvalue weighted by molar-refractivity contribution is -0.146. The van der Waals surface area contributed by atoms with Gasteiger partial charge in [-0.15, -0.1) is 0 Å². The second-order valence-corrected chi connectivity index (χ2v) is 7.55. The molecule has 1 aliphatic rings. The molecule has 2 aromatic carbocycles. The fourth-order valence-electron chi connectivity index (χ4n) is 3.38. The lowest BCUT2D eigenvalue weighted by Crippen LogP contribution is -2.23. The Kier molecular flexibility index (Phi) is 5.01. The molecule has 0 atom stereocenters. The van der Waals surface area contributed by atoms with Gasteiger partial charge < -0.3 is 9.47 Å². The van der Waals surface area contributed by atoms with Crippen molar-refractivity contribution in [2.75, 3.05) is 6.61 Å². The Morgan fingerprint density at radius 2 is 1.79 bits per heavy atom. The van der Waals surface area contributed by atoms with Gasteiger partial charge in [0.15, 0.2) is 0 Å². The van der Waals surface area contributed by atoms with Gasteiger partial charge >= 0.3 is 11.9 Å². The molecule has 28 heavy (non-hydrogen) atoms. The Balaban J connectivity index is 1.59. The van der Waals surface area contributed by atoms with Gasteiger partial charge in [-0.1, -0.05) is 36.4 Å². The van der Waals surface area contributed by atoms with E-state index in [1.165, 1.54) is 11.3 Å². The van der Waals surface area contributed by atoms with Crippen molar-refractivity contribution in [3.05, 3.63) is 76.5 Å². The molecule has 0 saturated heterocycles. The van der Waals surface area contributed by atoms with Crippen LogP contribution in [0.2, 0.25) is 0 Å².